The average Bonchev–Trinajstić information content (AvgIpc) is 3.87. The van der Waals surface area contributed by atoms with E-state index in [1.807, 2.05) is 0 Å². The van der Waals surface area contributed by atoms with Gasteiger partial charge in [-0.05, 0) is 56.8 Å². The molecule has 0 saturated carbocycles. The topological polar surface area (TPSA) is 319 Å². The van der Waals surface area contributed by atoms with Crippen molar-refractivity contribution in [3.63, 3.8) is 0 Å². The van der Waals surface area contributed by atoms with E-state index in [0.717, 1.165) is 0 Å². The van der Waals surface area contributed by atoms with Gasteiger partial charge in [0.25, 0.3) is 0 Å². The van der Waals surface area contributed by atoms with E-state index in [9.17, 15) is 53.4 Å². The minimum atomic E-state index is -1.51. The third-order valence-electron chi connectivity index (χ3n) is 9.91. The van der Waals surface area contributed by atoms with Crippen LogP contribution in [0.3, 0.4) is 0 Å². The molecule has 8 amide bonds. The monoisotopic (exact) mass is 825 g/mol. The first-order valence-electron chi connectivity index (χ1n) is 19.9. The van der Waals surface area contributed by atoms with Crippen molar-refractivity contribution in [1.29, 1.82) is 0 Å². The molecule has 7 atom stereocenters. The highest BCUT2D eigenvalue weighted by atomic mass is 16.4. The summed E-state index contributed by atoms with van der Waals surface area (Å²) in [4.78, 5) is 118. The van der Waals surface area contributed by atoms with E-state index in [0.29, 0.717) is 32.2 Å². The van der Waals surface area contributed by atoms with Crippen molar-refractivity contribution in [3.8, 4) is 0 Å². The largest absolute Gasteiger partial charge is 0.481 e. The lowest BCUT2D eigenvalue weighted by Crippen LogP contribution is -2.60. The quantitative estimate of drug-likeness (QED) is 0.0454. The maximum absolute atomic E-state index is 13.6. The summed E-state index contributed by atoms with van der Waals surface area (Å²) < 4.78 is 0. The Morgan fingerprint density at radius 1 is 0.707 bits per heavy atom. The average molecular weight is 826 g/mol. The lowest BCUT2D eigenvalue weighted by Gasteiger charge is -2.31. The van der Waals surface area contributed by atoms with Crippen LogP contribution in [-0.4, -0.2) is 154 Å². The Balaban J connectivity index is 2.00. The second-order valence-electron chi connectivity index (χ2n) is 15.4. The summed E-state index contributed by atoms with van der Waals surface area (Å²) in [7, 11) is 0. The smallest absolute Gasteiger partial charge is 0.303 e. The second-order valence-corrected chi connectivity index (χ2v) is 15.4. The fourth-order valence-electron chi connectivity index (χ4n) is 6.68. The minimum absolute atomic E-state index is 0.0309. The molecule has 0 bridgehead atoms. The molecule has 21 nitrogen and oxygen atoms in total. The van der Waals surface area contributed by atoms with E-state index >= 15 is 0 Å². The minimum Gasteiger partial charge on any atom is -0.481 e. The van der Waals surface area contributed by atoms with Crippen molar-refractivity contribution in [3.05, 3.63) is 0 Å². The fraction of sp³-hybridized carbons (Fsp3) is 0.757. The number of aliphatic hydroxyl groups excluding tert-OH is 2. The molecule has 2 rings (SSSR count). The molecule has 0 aromatic rings. The maximum atomic E-state index is 13.6. The third-order valence-corrected chi connectivity index (χ3v) is 9.91. The van der Waals surface area contributed by atoms with Crippen LogP contribution >= 0.6 is 0 Å². The van der Waals surface area contributed by atoms with E-state index in [4.69, 9.17) is 10.8 Å². The van der Waals surface area contributed by atoms with Crippen LogP contribution in [0.15, 0.2) is 0 Å². The molecule has 0 aliphatic carbocycles. The number of likely N-dealkylation sites (tertiary alicyclic amines) is 2. The first-order chi connectivity index (χ1) is 27.3. The van der Waals surface area contributed by atoms with Gasteiger partial charge in [-0.2, -0.15) is 0 Å². The van der Waals surface area contributed by atoms with Gasteiger partial charge in [-0.25, -0.2) is 0 Å². The van der Waals surface area contributed by atoms with Gasteiger partial charge in [0.1, 0.15) is 36.3 Å². The van der Waals surface area contributed by atoms with Crippen LogP contribution in [0.4, 0.5) is 0 Å². The molecule has 11 N–H and O–H groups in total. The van der Waals surface area contributed by atoms with Crippen LogP contribution in [0.2, 0.25) is 0 Å². The molecule has 58 heavy (non-hydrogen) atoms. The zero-order valence-corrected chi connectivity index (χ0v) is 34.1. The number of rotatable bonds is 23. The number of nitrogens with one attached hydrogen (secondary N) is 6. The summed E-state index contributed by atoms with van der Waals surface area (Å²) in [6, 6.07) is -7.03. The van der Waals surface area contributed by atoms with Crippen molar-refractivity contribution in [2.24, 2.45) is 17.6 Å². The van der Waals surface area contributed by atoms with Crippen molar-refractivity contribution < 1.29 is 58.5 Å². The first kappa shape index (κ1) is 49.3. The molecule has 0 radical (unpaired) electrons. The third kappa shape index (κ3) is 15.1. The number of aliphatic carboxylic acids is 1. The van der Waals surface area contributed by atoms with Crippen LogP contribution in [0.5, 0.6) is 0 Å². The van der Waals surface area contributed by atoms with Gasteiger partial charge in [0, 0.05) is 25.9 Å². The molecule has 2 heterocycles. The second kappa shape index (κ2) is 24.1. The predicted octanol–water partition coefficient (Wildman–Crippen LogP) is -3.22. The van der Waals surface area contributed by atoms with E-state index in [-0.39, 0.29) is 56.4 Å². The van der Waals surface area contributed by atoms with Crippen LogP contribution in [0.1, 0.15) is 92.4 Å². The Morgan fingerprint density at radius 3 is 1.86 bits per heavy atom. The summed E-state index contributed by atoms with van der Waals surface area (Å²) in [5.74, 6) is -7.00. The summed E-state index contributed by atoms with van der Waals surface area (Å²) in [6.45, 7) is 6.91. The summed E-state index contributed by atoms with van der Waals surface area (Å²) >= 11 is 0. The van der Waals surface area contributed by atoms with Gasteiger partial charge in [-0.1, -0.05) is 34.6 Å². The van der Waals surface area contributed by atoms with Gasteiger partial charge in [0.15, 0.2) is 0 Å². The molecule has 0 unspecified atom stereocenters. The van der Waals surface area contributed by atoms with E-state index < -0.39 is 109 Å². The molecular weight excluding hydrogens is 762 g/mol. The molecule has 0 aromatic heterocycles. The number of amides is 8. The lowest BCUT2D eigenvalue weighted by molar-refractivity contribution is -0.147. The predicted molar refractivity (Wildman–Crippen MR) is 207 cm³/mol. The first-order valence-corrected chi connectivity index (χ1v) is 19.9. The number of carboxylic acid groups (broad SMARTS) is 1. The van der Waals surface area contributed by atoms with Crippen molar-refractivity contribution in [1.82, 2.24) is 41.7 Å². The number of aliphatic hydroxyl groups is 2. The molecule has 2 fully saturated rings. The van der Waals surface area contributed by atoms with Gasteiger partial charge in [0.2, 0.25) is 47.3 Å². The highest BCUT2D eigenvalue weighted by molar-refractivity contribution is 5.97. The number of carboxylic acids is 1. The Morgan fingerprint density at radius 2 is 1.29 bits per heavy atom. The van der Waals surface area contributed by atoms with Gasteiger partial charge in [0.05, 0.1) is 25.9 Å². The van der Waals surface area contributed by atoms with Crippen LogP contribution in [-0.2, 0) is 43.2 Å². The zero-order chi connectivity index (χ0) is 43.7. The SMILES string of the molecule is CC[C@@H](N)NC(=O)[C@@H](NC(=O)[C@H](CO)NC(=O)[C@H](CC(C)C)NC(=O)CNC(=O)[C@H](CO)NC(=O)[C@@H]1CCCN1C(=O)[C@H]1CCCN1C(=O)CCCC(=O)O)C(C)C. The zero-order valence-electron chi connectivity index (χ0n) is 34.1. The molecule has 2 saturated heterocycles. The Kier molecular flexibility index (Phi) is 20.5. The van der Waals surface area contributed by atoms with Crippen LogP contribution < -0.4 is 37.6 Å². The van der Waals surface area contributed by atoms with E-state index in [1.54, 1.807) is 34.6 Å². The van der Waals surface area contributed by atoms with Gasteiger partial charge in [-0.15, -0.1) is 0 Å². The normalized spacial score (nSPS) is 19.1. The fourth-order valence-corrected chi connectivity index (χ4v) is 6.68. The maximum Gasteiger partial charge on any atom is 0.303 e. The summed E-state index contributed by atoms with van der Waals surface area (Å²) in [5.41, 5.74) is 5.81. The number of carbonyl (C=O) groups excluding carboxylic acids is 8. The van der Waals surface area contributed by atoms with Crippen molar-refractivity contribution >= 4 is 53.2 Å². The molecular formula is C37H63N9O12. The van der Waals surface area contributed by atoms with Gasteiger partial charge < -0.3 is 62.8 Å². The number of carbonyl (C=O) groups is 9. The molecule has 0 spiro atoms. The van der Waals surface area contributed by atoms with Gasteiger partial charge in [-0.3, -0.25) is 43.2 Å². The molecule has 21 heteroatoms. The lowest BCUT2D eigenvalue weighted by atomic mass is 10.0. The van der Waals surface area contributed by atoms with E-state index in [2.05, 4.69) is 31.9 Å². The number of nitrogens with two attached hydrogens (primary N) is 1. The molecule has 2 aliphatic heterocycles. The Labute approximate surface area is 338 Å². The van der Waals surface area contributed by atoms with Crippen molar-refractivity contribution in [2.45, 2.75) is 135 Å². The van der Waals surface area contributed by atoms with Gasteiger partial charge >= 0.3 is 5.97 Å². The highest BCUT2D eigenvalue weighted by Gasteiger charge is 2.42. The Hall–Kier alpha value is -4.89. The number of hydrogen-bond donors (Lipinski definition) is 10. The molecule has 328 valence electrons. The summed E-state index contributed by atoms with van der Waals surface area (Å²) in [6.07, 6.45) is 1.49. The van der Waals surface area contributed by atoms with Crippen LogP contribution in [0, 0.1) is 11.8 Å². The van der Waals surface area contributed by atoms with E-state index in [1.165, 1.54) is 9.80 Å². The number of hydrogen-bond acceptors (Lipinski definition) is 12. The standard InChI is InChI=1S/C37H63N9O12/c1-6-27(38)43-36(57)31(21(4)5)44-34(55)24(19-48)41-33(54)22(16-20(2)3)40-28(49)17-39-32(53)23(18-47)42-35(56)25-10-8-15-46(25)37(58)26-11-9-14-45(26)29(50)12-7-13-30(51)52/h20-27,31,47-48H,6-19,38H2,1-5H3,(H,39,53)(H,40,49)(H,41,54)(H,42,56)(H,43,57)(H,44,55)(H,51,52)/t22-,23-,24-,25-,26+,27-,31-/m0/s1. The molecule has 2 aliphatic rings. The summed E-state index contributed by atoms with van der Waals surface area (Å²) in [5, 5.41) is 43.5. The molecule has 0 aromatic carbocycles. The number of nitrogens with zero attached hydrogens (tertiary/aromatic N) is 2. The van der Waals surface area contributed by atoms with Crippen LogP contribution in [0.25, 0.3) is 0 Å². The Bertz CT molecular complexity index is 1480. The van der Waals surface area contributed by atoms with Crippen molar-refractivity contribution in [2.75, 3.05) is 32.8 Å². The highest BCUT2D eigenvalue weighted by Crippen LogP contribution is 2.26.